The van der Waals surface area contributed by atoms with Crippen molar-refractivity contribution in [3.05, 3.63) is 39.1 Å². The summed E-state index contributed by atoms with van der Waals surface area (Å²) < 4.78 is 27.6. The third kappa shape index (κ3) is 3.75. The minimum absolute atomic E-state index is 0.155. The van der Waals surface area contributed by atoms with Gasteiger partial charge in [-0.2, -0.15) is 0 Å². The van der Waals surface area contributed by atoms with Crippen LogP contribution in [0.25, 0.3) is 0 Å². The van der Waals surface area contributed by atoms with Gasteiger partial charge in [0.25, 0.3) is 0 Å². The van der Waals surface area contributed by atoms with E-state index in [9.17, 15) is 8.42 Å². The molecule has 0 amide bonds. The zero-order valence-electron chi connectivity index (χ0n) is 10.1. The first kappa shape index (κ1) is 14.4. The predicted octanol–water partition coefficient (Wildman–Crippen LogP) is 2.43. The lowest BCUT2D eigenvalue weighted by Gasteiger charge is -2.06. The number of rotatable bonds is 5. The second-order valence-electron chi connectivity index (χ2n) is 3.68. The number of nitrogens with zero attached hydrogens (tertiary/aromatic N) is 1. The van der Waals surface area contributed by atoms with Crippen molar-refractivity contribution < 1.29 is 8.42 Å². The summed E-state index contributed by atoms with van der Waals surface area (Å²) in [5, 5.41) is 4.75. The van der Waals surface area contributed by atoms with E-state index >= 15 is 0 Å². The molecule has 0 saturated heterocycles. The van der Waals surface area contributed by atoms with E-state index in [-0.39, 0.29) is 11.4 Å². The molecule has 2 N–H and O–H groups in total. The molecule has 0 atom stereocenters. The SMILES string of the molecule is CNc1ccc(S(=O)(=O)NCc2cc(Br)cs2)cn1. The molecule has 0 bridgehead atoms. The van der Waals surface area contributed by atoms with Crippen LogP contribution in [0.5, 0.6) is 0 Å². The van der Waals surface area contributed by atoms with Crippen molar-refractivity contribution in [1.82, 2.24) is 9.71 Å². The van der Waals surface area contributed by atoms with E-state index in [0.29, 0.717) is 5.82 Å². The molecule has 2 aromatic rings. The lowest BCUT2D eigenvalue weighted by atomic mass is 10.5. The van der Waals surface area contributed by atoms with Crippen molar-refractivity contribution in [1.29, 1.82) is 0 Å². The number of halogens is 1. The van der Waals surface area contributed by atoms with Crippen LogP contribution in [-0.4, -0.2) is 20.4 Å². The lowest BCUT2D eigenvalue weighted by Crippen LogP contribution is -2.22. The Morgan fingerprint density at radius 3 is 2.74 bits per heavy atom. The zero-order valence-corrected chi connectivity index (χ0v) is 13.3. The van der Waals surface area contributed by atoms with Crippen LogP contribution in [0.15, 0.2) is 39.1 Å². The summed E-state index contributed by atoms with van der Waals surface area (Å²) in [6, 6.07) is 5.03. The minimum Gasteiger partial charge on any atom is -0.373 e. The highest BCUT2D eigenvalue weighted by atomic mass is 79.9. The summed E-state index contributed by atoms with van der Waals surface area (Å²) in [6.45, 7) is 0.270. The number of anilines is 1. The number of pyridine rings is 1. The summed E-state index contributed by atoms with van der Waals surface area (Å²) in [5.74, 6) is 0.626. The van der Waals surface area contributed by atoms with Crippen LogP contribution in [-0.2, 0) is 16.6 Å². The van der Waals surface area contributed by atoms with Crippen molar-refractivity contribution in [3.8, 4) is 0 Å². The minimum atomic E-state index is -3.52. The fourth-order valence-corrected chi connectivity index (χ4v) is 3.82. The maximum Gasteiger partial charge on any atom is 0.242 e. The van der Waals surface area contributed by atoms with Gasteiger partial charge in [0.05, 0.1) is 0 Å². The van der Waals surface area contributed by atoms with Gasteiger partial charge in [0.15, 0.2) is 0 Å². The fourth-order valence-electron chi connectivity index (χ4n) is 1.38. The molecule has 0 aliphatic rings. The highest BCUT2D eigenvalue weighted by Gasteiger charge is 2.14. The molecule has 0 radical (unpaired) electrons. The molecule has 0 fully saturated rings. The van der Waals surface area contributed by atoms with E-state index in [1.165, 1.54) is 23.6 Å². The summed E-state index contributed by atoms with van der Waals surface area (Å²) in [6.07, 6.45) is 1.33. The Morgan fingerprint density at radius 1 is 1.42 bits per heavy atom. The smallest absolute Gasteiger partial charge is 0.242 e. The molecular formula is C11H12BrN3O2S2. The Kier molecular flexibility index (Phi) is 4.56. The largest absolute Gasteiger partial charge is 0.373 e. The van der Waals surface area contributed by atoms with Gasteiger partial charge in [0, 0.05) is 34.5 Å². The van der Waals surface area contributed by atoms with E-state index in [1.54, 1.807) is 13.1 Å². The van der Waals surface area contributed by atoms with Crippen LogP contribution >= 0.6 is 27.3 Å². The molecule has 2 rings (SSSR count). The number of nitrogens with one attached hydrogen (secondary N) is 2. The van der Waals surface area contributed by atoms with E-state index < -0.39 is 10.0 Å². The summed E-state index contributed by atoms with van der Waals surface area (Å²) >= 11 is 4.82. The third-order valence-corrected chi connectivity index (χ3v) is 5.45. The lowest BCUT2D eigenvalue weighted by molar-refractivity contribution is 0.581. The van der Waals surface area contributed by atoms with Crippen LogP contribution in [0.1, 0.15) is 4.88 Å². The Balaban J connectivity index is 2.09. The van der Waals surface area contributed by atoms with E-state index in [2.05, 4.69) is 31.0 Å². The first-order valence-corrected chi connectivity index (χ1v) is 8.53. The molecule has 0 unspecified atom stereocenters. The van der Waals surface area contributed by atoms with Gasteiger partial charge in [-0.1, -0.05) is 0 Å². The van der Waals surface area contributed by atoms with Crippen molar-refractivity contribution in [2.75, 3.05) is 12.4 Å². The molecule has 19 heavy (non-hydrogen) atoms. The van der Waals surface area contributed by atoms with Crippen molar-refractivity contribution in [3.63, 3.8) is 0 Å². The molecule has 0 saturated carbocycles. The first-order valence-electron chi connectivity index (χ1n) is 5.37. The Morgan fingerprint density at radius 2 is 2.21 bits per heavy atom. The maximum absolute atomic E-state index is 12.0. The van der Waals surface area contributed by atoms with E-state index in [0.717, 1.165) is 9.35 Å². The van der Waals surface area contributed by atoms with Gasteiger partial charge in [-0.3, -0.25) is 0 Å². The second kappa shape index (κ2) is 6.00. The molecule has 8 heteroatoms. The van der Waals surface area contributed by atoms with Crippen molar-refractivity contribution in [2.24, 2.45) is 0 Å². The molecule has 0 spiro atoms. The fraction of sp³-hybridized carbons (Fsp3) is 0.182. The third-order valence-electron chi connectivity index (χ3n) is 2.36. The van der Waals surface area contributed by atoms with Crippen molar-refractivity contribution in [2.45, 2.75) is 11.4 Å². The van der Waals surface area contributed by atoms with E-state index in [4.69, 9.17) is 0 Å². The number of hydrogen-bond acceptors (Lipinski definition) is 5. The van der Waals surface area contributed by atoms with Crippen LogP contribution in [0.3, 0.4) is 0 Å². The number of hydrogen-bond donors (Lipinski definition) is 2. The number of sulfonamides is 1. The Bertz CT molecular complexity index is 653. The number of thiophene rings is 1. The normalized spacial score (nSPS) is 11.5. The summed E-state index contributed by atoms with van der Waals surface area (Å²) in [5.41, 5.74) is 0. The highest BCUT2D eigenvalue weighted by molar-refractivity contribution is 9.10. The first-order chi connectivity index (χ1) is 9.01. The van der Waals surface area contributed by atoms with E-state index in [1.807, 2.05) is 11.4 Å². The van der Waals surface area contributed by atoms with Gasteiger partial charge >= 0.3 is 0 Å². The Labute approximate surface area is 124 Å². The molecule has 2 aromatic heterocycles. The topological polar surface area (TPSA) is 71.1 Å². The van der Waals surface area contributed by atoms with Crippen LogP contribution in [0, 0.1) is 0 Å². The molecule has 2 heterocycles. The second-order valence-corrected chi connectivity index (χ2v) is 7.36. The average molecular weight is 362 g/mol. The summed E-state index contributed by atoms with van der Waals surface area (Å²) in [7, 11) is -1.80. The summed E-state index contributed by atoms with van der Waals surface area (Å²) in [4.78, 5) is 5.08. The number of aromatic nitrogens is 1. The molecule has 5 nitrogen and oxygen atoms in total. The molecule has 102 valence electrons. The maximum atomic E-state index is 12.0. The van der Waals surface area contributed by atoms with Crippen LogP contribution in [0.4, 0.5) is 5.82 Å². The van der Waals surface area contributed by atoms with Crippen LogP contribution < -0.4 is 10.0 Å². The van der Waals surface area contributed by atoms with Gasteiger partial charge in [-0.15, -0.1) is 11.3 Å². The molecular weight excluding hydrogens is 350 g/mol. The van der Waals surface area contributed by atoms with Gasteiger partial charge in [-0.05, 0) is 34.1 Å². The quantitative estimate of drug-likeness (QED) is 0.857. The molecule has 0 aliphatic heterocycles. The van der Waals surface area contributed by atoms with Gasteiger partial charge in [0.1, 0.15) is 10.7 Å². The monoisotopic (exact) mass is 361 g/mol. The van der Waals surface area contributed by atoms with Crippen LogP contribution in [0.2, 0.25) is 0 Å². The van der Waals surface area contributed by atoms with Gasteiger partial charge in [-0.25, -0.2) is 18.1 Å². The molecule has 0 aromatic carbocycles. The Hall–Kier alpha value is -0.960. The highest BCUT2D eigenvalue weighted by Crippen LogP contribution is 2.20. The zero-order chi connectivity index (χ0) is 13.9. The van der Waals surface area contributed by atoms with Gasteiger partial charge < -0.3 is 5.32 Å². The van der Waals surface area contributed by atoms with Crippen molar-refractivity contribution >= 4 is 43.1 Å². The predicted molar refractivity (Wildman–Crippen MR) is 79.8 cm³/mol. The standard InChI is InChI=1S/C11H12BrN3O2S2/c1-13-11-3-2-10(6-14-11)19(16,17)15-5-9-4-8(12)7-18-9/h2-4,6-7,15H,5H2,1H3,(H,13,14). The average Bonchev–Trinajstić information content (AvgIpc) is 2.82. The molecule has 0 aliphatic carbocycles. The van der Waals surface area contributed by atoms with Gasteiger partial charge in [0.2, 0.25) is 10.0 Å².